The average Bonchev–Trinajstić information content (AvgIpc) is 2.98. The molecule has 110 valence electrons. The van der Waals surface area contributed by atoms with E-state index in [9.17, 15) is 0 Å². The number of hydrogen-bond acceptors (Lipinski definition) is 6. The normalized spacial score (nSPS) is 10.9. The van der Waals surface area contributed by atoms with Gasteiger partial charge in [-0.1, -0.05) is 23.3 Å². The van der Waals surface area contributed by atoms with E-state index in [0.29, 0.717) is 12.5 Å². The second-order valence-corrected chi connectivity index (χ2v) is 4.53. The number of pyridine rings is 1. The second-order valence-electron chi connectivity index (χ2n) is 4.53. The summed E-state index contributed by atoms with van der Waals surface area (Å²) in [5, 5.41) is 7.35. The van der Waals surface area contributed by atoms with Crippen LogP contribution in [0, 0.1) is 0 Å². The van der Waals surface area contributed by atoms with Gasteiger partial charge in [0.25, 0.3) is 0 Å². The molecule has 0 radical (unpaired) electrons. The fraction of sp³-hybridized carbons (Fsp3) is 0.0625. The van der Waals surface area contributed by atoms with Gasteiger partial charge >= 0.3 is 6.01 Å². The number of rotatable bonds is 5. The van der Waals surface area contributed by atoms with Gasteiger partial charge in [0.05, 0.1) is 0 Å². The standard InChI is InChI=1S/C16H14N4O2/c17-16-20-19-15(22-16)7-6-12-3-1-5-14(9-12)21-11-13-4-2-8-18-10-13/h1-10H,11H2,(H2,17,20)/b7-6+. The van der Waals surface area contributed by atoms with Crippen molar-refractivity contribution < 1.29 is 9.15 Å². The molecule has 0 saturated carbocycles. The highest BCUT2D eigenvalue weighted by Crippen LogP contribution is 2.17. The Morgan fingerprint density at radius 3 is 2.86 bits per heavy atom. The summed E-state index contributed by atoms with van der Waals surface area (Å²) >= 11 is 0. The van der Waals surface area contributed by atoms with Crippen molar-refractivity contribution in [1.82, 2.24) is 15.2 Å². The average molecular weight is 294 g/mol. The molecule has 0 aliphatic rings. The largest absolute Gasteiger partial charge is 0.489 e. The third kappa shape index (κ3) is 3.69. The van der Waals surface area contributed by atoms with Gasteiger partial charge in [0, 0.05) is 24.0 Å². The summed E-state index contributed by atoms with van der Waals surface area (Å²) in [5.74, 6) is 1.13. The minimum Gasteiger partial charge on any atom is -0.489 e. The van der Waals surface area contributed by atoms with Crippen molar-refractivity contribution in [2.45, 2.75) is 6.61 Å². The molecule has 0 unspecified atom stereocenters. The van der Waals surface area contributed by atoms with Crippen LogP contribution in [0.5, 0.6) is 5.75 Å². The molecule has 6 heteroatoms. The molecule has 2 N–H and O–H groups in total. The molecule has 0 spiro atoms. The maximum atomic E-state index is 5.74. The zero-order chi connectivity index (χ0) is 15.2. The van der Waals surface area contributed by atoms with Gasteiger partial charge in [0.2, 0.25) is 5.89 Å². The predicted molar refractivity (Wildman–Crippen MR) is 82.6 cm³/mol. The van der Waals surface area contributed by atoms with E-state index in [1.54, 1.807) is 18.5 Å². The summed E-state index contributed by atoms with van der Waals surface area (Å²) in [7, 11) is 0. The number of aromatic nitrogens is 3. The van der Waals surface area contributed by atoms with Crippen LogP contribution in [-0.2, 0) is 6.61 Å². The number of benzene rings is 1. The van der Waals surface area contributed by atoms with Crippen LogP contribution >= 0.6 is 0 Å². The van der Waals surface area contributed by atoms with Gasteiger partial charge in [0.15, 0.2) is 0 Å². The summed E-state index contributed by atoms with van der Waals surface area (Å²) < 4.78 is 10.8. The summed E-state index contributed by atoms with van der Waals surface area (Å²) in [6.07, 6.45) is 7.07. The Bertz CT molecular complexity index is 769. The Morgan fingerprint density at radius 2 is 2.09 bits per heavy atom. The van der Waals surface area contributed by atoms with Crippen molar-refractivity contribution in [3.8, 4) is 5.75 Å². The lowest BCUT2D eigenvalue weighted by molar-refractivity contribution is 0.305. The van der Waals surface area contributed by atoms with Crippen LogP contribution in [0.2, 0.25) is 0 Å². The fourth-order valence-corrected chi connectivity index (χ4v) is 1.84. The molecule has 1 aromatic carbocycles. The molecule has 0 fully saturated rings. The molecule has 3 rings (SSSR count). The first-order valence-electron chi connectivity index (χ1n) is 6.68. The zero-order valence-corrected chi connectivity index (χ0v) is 11.7. The van der Waals surface area contributed by atoms with Crippen LogP contribution in [0.3, 0.4) is 0 Å². The Hall–Kier alpha value is -3.15. The molecule has 6 nitrogen and oxygen atoms in total. The molecule has 0 aliphatic carbocycles. The van der Waals surface area contributed by atoms with Crippen molar-refractivity contribution in [2.24, 2.45) is 0 Å². The van der Waals surface area contributed by atoms with Gasteiger partial charge in [0.1, 0.15) is 12.4 Å². The highest BCUT2D eigenvalue weighted by molar-refractivity contribution is 5.66. The van der Waals surface area contributed by atoms with E-state index in [1.165, 1.54) is 0 Å². The lowest BCUT2D eigenvalue weighted by atomic mass is 10.2. The molecule has 22 heavy (non-hydrogen) atoms. The number of nitrogens with two attached hydrogens (primary N) is 1. The van der Waals surface area contributed by atoms with Crippen molar-refractivity contribution in [3.05, 3.63) is 65.8 Å². The van der Waals surface area contributed by atoms with Crippen molar-refractivity contribution in [3.63, 3.8) is 0 Å². The Morgan fingerprint density at radius 1 is 1.14 bits per heavy atom. The number of nitrogen functional groups attached to an aromatic ring is 1. The zero-order valence-electron chi connectivity index (χ0n) is 11.7. The molecule has 0 saturated heterocycles. The first-order valence-corrected chi connectivity index (χ1v) is 6.68. The molecule has 0 bridgehead atoms. The van der Waals surface area contributed by atoms with E-state index >= 15 is 0 Å². The highest BCUT2D eigenvalue weighted by atomic mass is 16.5. The molecule has 3 aromatic rings. The van der Waals surface area contributed by atoms with E-state index in [4.69, 9.17) is 14.9 Å². The molecular weight excluding hydrogens is 280 g/mol. The summed E-state index contributed by atoms with van der Waals surface area (Å²) in [6, 6.07) is 11.6. The number of hydrogen-bond donors (Lipinski definition) is 1. The van der Waals surface area contributed by atoms with Crippen molar-refractivity contribution >= 4 is 18.2 Å². The van der Waals surface area contributed by atoms with Gasteiger partial charge < -0.3 is 14.9 Å². The maximum absolute atomic E-state index is 5.74. The van der Waals surface area contributed by atoms with E-state index in [0.717, 1.165) is 16.9 Å². The Kier molecular flexibility index (Phi) is 4.10. The topological polar surface area (TPSA) is 87.1 Å². The molecule has 0 atom stereocenters. The Balaban J connectivity index is 1.66. The van der Waals surface area contributed by atoms with E-state index in [1.807, 2.05) is 42.5 Å². The molecule has 0 amide bonds. The van der Waals surface area contributed by atoms with E-state index < -0.39 is 0 Å². The third-order valence-corrected chi connectivity index (χ3v) is 2.86. The number of ether oxygens (including phenoxy) is 1. The maximum Gasteiger partial charge on any atom is 0.313 e. The van der Waals surface area contributed by atoms with Gasteiger partial charge in [-0.3, -0.25) is 4.98 Å². The van der Waals surface area contributed by atoms with Crippen LogP contribution in [0.1, 0.15) is 17.0 Å². The van der Waals surface area contributed by atoms with Gasteiger partial charge in [-0.05, 0) is 29.8 Å². The van der Waals surface area contributed by atoms with Crippen LogP contribution < -0.4 is 10.5 Å². The summed E-state index contributed by atoms with van der Waals surface area (Å²) in [4.78, 5) is 4.05. The predicted octanol–water partition coefficient (Wildman–Crippen LogP) is 2.80. The quantitative estimate of drug-likeness (QED) is 0.778. The third-order valence-electron chi connectivity index (χ3n) is 2.86. The van der Waals surface area contributed by atoms with E-state index in [2.05, 4.69) is 15.2 Å². The summed E-state index contributed by atoms with van der Waals surface area (Å²) in [5.41, 5.74) is 7.34. The molecule has 0 aliphatic heterocycles. The van der Waals surface area contributed by atoms with Gasteiger partial charge in [-0.15, -0.1) is 5.10 Å². The number of nitrogens with zero attached hydrogens (tertiary/aromatic N) is 3. The lowest BCUT2D eigenvalue weighted by Crippen LogP contribution is -1.95. The fourth-order valence-electron chi connectivity index (χ4n) is 1.84. The lowest BCUT2D eigenvalue weighted by Gasteiger charge is -2.06. The first-order chi connectivity index (χ1) is 10.8. The first kappa shape index (κ1) is 13.8. The van der Waals surface area contributed by atoms with Crippen LogP contribution in [0.4, 0.5) is 6.01 Å². The Labute approximate surface area is 127 Å². The van der Waals surface area contributed by atoms with Gasteiger partial charge in [-0.25, -0.2) is 0 Å². The van der Waals surface area contributed by atoms with Crippen molar-refractivity contribution in [2.75, 3.05) is 5.73 Å². The molecule has 2 heterocycles. The van der Waals surface area contributed by atoms with Crippen LogP contribution in [-0.4, -0.2) is 15.2 Å². The second kappa shape index (κ2) is 6.53. The molecule has 2 aromatic heterocycles. The number of anilines is 1. The SMILES string of the molecule is Nc1nnc(/C=C/c2cccc(OCc3cccnc3)c2)o1. The molecular formula is C16H14N4O2. The van der Waals surface area contributed by atoms with E-state index in [-0.39, 0.29) is 6.01 Å². The monoisotopic (exact) mass is 294 g/mol. The highest BCUT2D eigenvalue weighted by Gasteiger charge is 1.99. The van der Waals surface area contributed by atoms with Crippen LogP contribution in [0.25, 0.3) is 12.2 Å². The van der Waals surface area contributed by atoms with Crippen LogP contribution in [0.15, 0.2) is 53.2 Å². The minimum absolute atomic E-state index is 0.0493. The minimum atomic E-state index is 0.0493. The van der Waals surface area contributed by atoms with Gasteiger partial charge in [-0.2, -0.15) is 0 Å². The smallest absolute Gasteiger partial charge is 0.313 e. The van der Waals surface area contributed by atoms with Crippen molar-refractivity contribution in [1.29, 1.82) is 0 Å². The summed E-state index contributed by atoms with van der Waals surface area (Å²) in [6.45, 7) is 0.473.